The van der Waals surface area contributed by atoms with Gasteiger partial charge < -0.3 is 20.3 Å². The molecule has 0 unspecified atom stereocenters. The largest absolute Gasteiger partial charge is 0.476 e. The zero-order valence-electron chi connectivity index (χ0n) is 17.6. The van der Waals surface area contributed by atoms with Crippen LogP contribution in [0.5, 0.6) is 5.75 Å². The number of fused-ring (bicyclic) bond motifs is 1. The second-order valence-electron chi connectivity index (χ2n) is 7.76. The Balaban J connectivity index is 2.58. The molecule has 0 fully saturated rings. The van der Waals surface area contributed by atoms with E-state index in [0.29, 0.717) is 6.54 Å². The monoisotopic (exact) mass is 429 g/mol. The van der Waals surface area contributed by atoms with Crippen LogP contribution < -0.4 is 20.3 Å². The van der Waals surface area contributed by atoms with Crippen molar-refractivity contribution in [1.82, 2.24) is 10.6 Å². The maximum atomic E-state index is 13.7. The van der Waals surface area contributed by atoms with Crippen LogP contribution in [-0.4, -0.2) is 42.5 Å². The van der Waals surface area contributed by atoms with Gasteiger partial charge in [0.2, 0.25) is 5.91 Å². The molecule has 0 radical (unpaired) electrons. The molecule has 0 aromatic heterocycles. The number of amides is 3. The van der Waals surface area contributed by atoms with Gasteiger partial charge in [-0.3, -0.25) is 14.4 Å². The van der Waals surface area contributed by atoms with E-state index in [4.69, 9.17) is 4.74 Å². The molecule has 7 nitrogen and oxygen atoms in total. The van der Waals surface area contributed by atoms with Gasteiger partial charge in [0.15, 0.2) is 5.60 Å². The SMILES string of the molecule is CCNC(=O)CCN1C(=O)C(C)(C)Oc2cc(C(F)(F)F)c(C(=O)NC(C)C)cc21. The van der Waals surface area contributed by atoms with E-state index in [1.807, 2.05) is 0 Å². The van der Waals surface area contributed by atoms with E-state index >= 15 is 0 Å². The number of halogens is 3. The van der Waals surface area contributed by atoms with Crippen molar-refractivity contribution < 1.29 is 32.3 Å². The maximum Gasteiger partial charge on any atom is 0.417 e. The Hall–Kier alpha value is -2.78. The molecule has 2 N–H and O–H groups in total. The minimum atomic E-state index is -4.81. The van der Waals surface area contributed by atoms with E-state index < -0.39 is 34.7 Å². The van der Waals surface area contributed by atoms with Crippen LogP contribution in [-0.2, 0) is 15.8 Å². The van der Waals surface area contributed by atoms with Crippen molar-refractivity contribution in [3.63, 3.8) is 0 Å². The van der Waals surface area contributed by atoms with Crippen molar-refractivity contribution in [2.45, 2.75) is 58.9 Å². The van der Waals surface area contributed by atoms with Crippen LogP contribution in [0.2, 0.25) is 0 Å². The van der Waals surface area contributed by atoms with Gasteiger partial charge in [0.05, 0.1) is 16.8 Å². The molecule has 2 rings (SSSR count). The van der Waals surface area contributed by atoms with Gasteiger partial charge in [0, 0.05) is 25.6 Å². The number of alkyl halides is 3. The van der Waals surface area contributed by atoms with Crippen LogP contribution in [0.3, 0.4) is 0 Å². The zero-order valence-corrected chi connectivity index (χ0v) is 17.6. The van der Waals surface area contributed by atoms with Crippen molar-refractivity contribution in [1.29, 1.82) is 0 Å². The highest BCUT2D eigenvalue weighted by atomic mass is 19.4. The summed E-state index contributed by atoms with van der Waals surface area (Å²) in [5.41, 5.74) is -3.19. The lowest BCUT2D eigenvalue weighted by Crippen LogP contribution is -2.53. The van der Waals surface area contributed by atoms with Crippen molar-refractivity contribution in [3.8, 4) is 5.75 Å². The van der Waals surface area contributed by atoms with Crippen LogP contribution >= 0.6 is 0 Å². The molecule has 30 heavy (non-hydrogen) atoms. The van der Waals surface area contributed by atoms with Gasteiger partial charge in [-0.2, -0.15) is 13.2 Å². The Bertz CT molecular complexity index is 850. The molecule has 10 heteroatoms. The van der Waals surface area contributed by atoms with Gasteiger partial charge >= 0.3 is 6.18 Å². The molecule has 0 saturated carbocycles. The first-order valence-corrected chi connectivity index (χ1v) is 9.61. The van der Waals surface area contributed by atoms with Gasteiger partial charge in [-0.15, -0.1) is 0 Å². The minimum Gasteiger partial charge on any atom is -0.476 e. The van der Waals surface area contributed by atoms with E-state index in [0.717, 1.165) is 12.1 Å². The highest BCUT2D eigenvalue weighted by Gasteiger charge is 2.44. The highest BCUT2D eigenvalue weighted by molar-refractivity contribution is 6.05. The van der Waals surface area contributed by atoms with E-state index in [1.54, 1.807) is 20.8 Å². The van der Waals surface area contributed by atoms with Crippen molar-refractivity contribution in [2.24, 2.45) is 0 Å². The predicted octanol–water partition coefficient (Wildman–Crippen LogP) is 2.87. The summed E-state index contributed by atoms with van der Waals surface area (Å²) in [5, 5.41) is 5.04. The van der Waals surface area contributed by atoms with E-state index in [1.165, 1.54) is 18.7 Å². The second kappa shape index (κ2) is 8.53. The van der Waals surface area contributed by atoms with Crippen molar-refractivity contribution in [2.75, 3.05) is 18.0 Å². The first-order chi connectivity index (χ1) is 13.8. The number of ether oxygens (including phenoxy) is 1. The summed E-state index contributed by atoms with van der Waals surface area (Å²) >= 11 is 0. The Kier molecular flexibility index (Phi) is 6.68. The van der Waals surface area contributed by atoms with E-state index in [9.17, 15) is 27.6 Å². The smallest absolute Gasteiger partial charge is 0.417 e. The Morgan fingerprint density at radius 3 is 2.40 bits per heavy atom. The summed E-state index contributed by atoms with van der Waals surface area (Å²) in [6.07, 6.45) is -4.86. The molecule has 1 aromatic rings. The summed E-state index contributed by atoms with van der Waals surface area (Å²) in [7, 11) is 0. The van der Waals surface area contributed by atoms with Gasteiger partial charge in [-0.1, -0.05) is 0 Å². The number of benzene rings is 1. The summed E-state index contributed by atoms with van der Waals surface area (Å²) in [6.45, 7) is 8.20. The number of nitrogens with zero attached hydrogens (tertiary/aromatic N) is 1. The first-order valence-electron chi connectivity index (χ1n) is 9.61. The summed E-state index contributed by atoms with van der Waals surface area (Å²) in [5.74, 6) is -1.92. The Morgan fingerprint density at radius 2 is 1.87 bits per heavy atom. The third-order valence-electron chi connectivity index (χ3n) is 4.42. The highest BCUT2D eigenvalue weighted by Crippen LogP contribution is 2.44. The van der Waals surface area contributed by atoms with E-state index in [2.05, 4.69) is 10.6 Å². The third-order valence-corrected chi connectivity index (χ3v) is 4.42. The van der Waals surface area contributed by atoms with Crippen LogP contribution in [0.4, 0.5) is 18.9 Å². The molecule has 0 spiro atoms. The lowest BCUT2D eigenvalue weighted by atomic mass is 9.98. The van der Waals surface area contributed by atoms with Crippen LogP contribution in [0, 0.1) is 0 Å². The standard InChI is InChI=1S/C20H26F3N3O4/c1-6-24-16(27)7-8-26-14-9-12(17(28)25-11(2)3)13(20(21,22)23)10-15(14)30-19(4,5)18(26)29/h9-11H,6-8H2,1-5H3,(H,24,27)(H,25,28). The number of hydrogen-bond donors (Lipinski definition) is 2. The summed E-state index contributed by atoms with van der Waals surface area (Å²) in [4.78, 5) is 38.4. The molecular weight excluding hydrogens is 403 g/mol. The average Bonchev–Trinajstić information content (AvgIpc) is 2.60. The first kappa shape index (κ1) is 23.5. The average molecular weight is 429 g/mol. The quantitative estimate of drug-likeness (QED) is 0.728. The molecule has 0 saturated heterocycles. The van der Waals surface area contributed by atoms with Gasteiger partial charge in [0.25, 0.3) is 11.8 Å². The molecule has 1 heterocycles. The van der Waals surface area contributed by atoms with E-state index in [-0.39, 0.29) is 36.4 Å². The molecular formula is C20H26F3N3O4. The molecule has 0 atom stereocenters. The molecule has 3 amide bonds. The zero-order chi connectivity index (χ0) is 22.9. The summed E-state index contributed by atoms with van der Waals surface area (Å²) in [6, 6.07) is 1.35. The molecule has 1 aliphatic heterocycles. The second-order valence-corrected chi connectivity index (χ2v) is 7.76. The Labute approximate surface area is 172 Å². The van der Waals surface area contributed by atoms with Crippen LogP contribution in [0.25, 0.3) is 0 Å². The fraction of sp³-hybridized carbons (Fsp3) is 0.550. The maximum absolute atomic E-state index is 13.7. The molecule has 0 aliphatic carbocycles. The molecule has 166 valence electrons. The number of rotatable bonds is 6. The van der Waals surface area contributed by atoms with Gasteiger partial charge in [0.1, 0.15) is 5.75 Å². The fourth-order valence-corrected chi connectivity index (χ4v) is 3.10. The molecule has 1 aliphatic rings. The molecule has 0 bridgehead atoms. The summed E-state index contributed by atoms with van der Waals surface area (Å²) < 4.78 is 46.5. The van der Waals surface area contributed by atoms with Crippen LogP contribution in [0.1, 0.15) is 57.0 Å². The number of nitrogens with one attached hydrogen (secondary N) is 2. The number of anilines is 1. The number of hydrogen-bond acceptors (Lipinski definition) is 4. The normalized spacial score (nSPS) is 15.5. The van der Waals surface area contributed by atoms with Crippen molar-refractivity contribution in [3.05, 3.63) is 23.3 Å². The third kappa shape index (κ3) is 5.03. The molecule has 1 aromatic carbocycles. The van der Waals surface area contributed by atoms with Crippen molar-refractivity contribution >= 4 is 23.4 Å². The Morgan fingerprint density at radius 1 is 1.23 bits per heavy atom. The lowest BCUT2D eigenvalue weighted by molar-refractivity contribution is -0.138. The van der Waals surface area contributed by atoms with Gasteiger partial charge in [-0.25, -0.2) is 0 Å². The fourth-order valence-electron chi connectivity index (χ4n) is 3.10. The predicted molar refractivity (Wildman–Crippen MR) is 104 cm³/mol. The number of carbonyl (C=O) groups is 3. The topological polar surface area (TPSA) is 87.7 Å². The lowest BCUT2D eigenvalue weighted by Gasteiger charge is -2.39. The minimum absolute atomic E-state index is 0.0190. The van der Waals surface area contributed by atoms with Crippen LogP contribution in [0.15, 0.2) is 12.1 Å². The van der Waals surface area contributed by atoms with Gasteiger partial charge in [-0.05, 0) is 46.8 Å². The number of carbonyl (C=O) groups excluding carboxylic acids is 3.